The highest BCUT2D eigenvalue weighted by Crippen LogP contribution is 2.57. The summed E-state index contributed by atoms with van der Waals surface area (Å²) in [5.74, 6) is -0.647. The zero-order valence-corrected chi connectivity index (χ0v) is 15.9. The summed E-state index contributed by atoms with van der Waals surface area (Å²) in [6.07, 6.45) is 3.23. The molecule has 2 fully saturated rings. The van der Waals surface area contributed by atoms with Crippen LogP contribution in [0.3, 0.4) is 0 Å². The number of carbonyl (C=O) groups excluding carboxylic acids is 2. The van der Waals surface area contributed by atoms with Gasteiger partial charge in [0, 0.05) is 29.9 Å². The van der Waals surface area contributed by atoms with Crippen molar-refractivity contribution in [3.8, 4) is 0 Å². The third kappa shape index (κ3) is 2.97. The molecular formula is C21H20F2N4O2. The van der Waals surface area contributed by atoms with Crippen molar-refractivity contribution in [3.05, 3.63) is 52.8 Å². The lowest BCUT2D eigenvalue weighted by Crippen LogP contribution is -2.47. The average molecular weight is 398 g/mol. The Labute approximate surface area is 166 Å². The van der Waals surface area contributed by atoms with Crippen molar-refractivity contribution in [1.29, 1.82) is 0 Å². The molecule has 1 spiro atoms. The van der Waals surface area contributed by atoms with Crippen molar-refractivity contribution in [2.45, 2.75) is 43.4 Å². The number of fused-ring (bicyclic) bond motifs is 2. The van der Waals surface area contributed by atoms with E-state index in [9.17, 15) is 18.4 Å². The first kappa shape index (κ1) is 18.1. The highest BCUT2D eigenvalue weighted by molar-refractivity contribution is 6.01. The highest BCUT2D eigenvalue weighted by atomic mass is 19.1. The summed E-state index contributed by atoms with van der Waals surface area (Å²) in [5.41, 5.74) is 0.121. The number of hydrogen-bond acceptors (Lipinski definition) is 4. The first-order valence-corrected chi connectivity index (χ1v) is 9.67. The van der Waals surface area contributed by atoms with Crippen LogP contribution in [0.25, 0.3) is 0 Å². The van der Waals surface area contributed by atoms with E-state index in [4.69, 9.17) is 0 Å². The molecule has 1 N–H and O–H groups in total. The van der Waals surface area contributed by atoms with E-state index < -0.39 is 23.2 Å². The second kappa shape index (κ2) is 6.05. The Morgan fingerprint density at radius 3 is 2.62 bits per heavy atom. The van der Waals surface area contributed by atoms with Crippen LogP contribution in [0.1, 0.15) is 46.3 Å². The minimum absolute atomic E-state index is 0.102. The molecule has 2 heterocycles. The highest BCUT2D eigenvalue weighted by Gasteiger charge is 2.61. The van der Waals surface area contributed by atoms with Crippen LogP contribution in [0.4, 0.5) is 14.7 Å². The zero-order chi connectivity index (χ0) is 20.4. The maximum Gasteiger partial charge on any atom is 0.254 e. The lowest BCUT2D eigenvalue weighted by Gasteiger charge is -2.34. The van der Waals surface area contributed by atoms with Crippen LogP contribution in [-0.2, 0) is 15.9 Å². The SMILES string of the molecule is Cc1cnc(NC(=O)CN2C[C@]3(C[C@H]3F)c3cc(C4(F)CC4)ccc3C2=O)nc1. The largest absolute Gasteiger partial charge is 0.328 e. The molecular weight excluding hydrogens is 378 g/mol. The molecule has 1 aliphatic heterocycles. The fourth-order valence-electron chi connectivity index (χ4n) is 4.11. The molecule has 2 aromatic rings. The van der Waals surface area contributed by atoms with Crippen molar-refractivity contribution in [2.75, 3.05) is 18.4 Å². The topological polar surface area (TPSA) is 75.2 Å². The van der Waals surface area contributed by atoms with E-state index in [0.717, 1.165) is 5.56 Å². The molecule has 0 unspecified atom stereocenters. The van der Waals surface area contributed by atoms with E-state index >= 15 is 0 Å². The molecule has 3 aliphatic rings. The van der Waals surface area contributed by atoms with Gasteiger partial charge in [-0.15, -0.1) is 0 Å². The Morgan fingerprint density at radius 1 is 1.31 bits per heavy atom. The van der Waals surface area contributed by atoms with E-state index in [1.807, 2.05) is 6.92 Å². The van der Waals surface area contributed by atoms with Gasteiger partial charge in [-0.1, -0.05) is 12.1 Å². The van der Waals surface area contributed by atoms with Crippen LogP contribution in [-0.4, -0.2) is 45.9 Å². The predicted octanol–water partition coefficient (Wildman–Crippen LogP) is 2.82. The first-order chi connectivity index (χ1) is 13.8. The van der Waals surface area contributed by atoms with Gasteiger partial charge in [0.25, 0.3) is 5.91 Å². The van der Waals surface area contributed by atoms with Crippen LogP contribution < -0.4 is 5.32 Å². The van der Waals surface area contributed by atoms with Crippen LogP contribution >= 0.6 is 0 Å². The van der Waals surface area contributed by atoms with Crippen molar-refractivity contribution < 1.29 is 18.4 Å². The summed E-state index contributed by atoms with van der Waals surface area (Å²) in [4.78, 5) is 34.7. The van der Waals surface area contributed by atoms with Gasteiger partial charge in [-0.3, -0.25) is 14.9 Å². The fourth-order valence-corrected chi connectivity index (χ4v) is 4.11. The molecule has 8 heteroatoms. The van der Waals surface area contributed by atoms with Crippen LogP contribution in [0, 0.1) is 6.92 Å². The number of alkyl halides is 2. The number of aryl methyl sites for hydroxylation is 1. The number of rotatable bonds is 4. The Balaban J connectivity index is 1.39. The number of carbonyl (C=O) groups is 2. The second-order valence-electron chi connectivity index (χ2n) is 8.35. The van der Waals surface area contributed by atoms with Gasteiger partial charge in [-0.2, -0.15) is 0 Å². The normalized spacial score (nSPS) is 26.2. The van der Waals surface area contributed by atoms with Gasteiger partial charge in [0.2, 0.25) is 11.9 Å². The molecule has 2 amide bonds. The van der Waals surface area contributed by atoms with E-state index in [1.165, 1.54) is 4.90 Å². The third-order valence-electron chi connectivity index (χ3n) is 6.10. The summed E-state index contributed by atoms with van der Waals surface area (Å²) < 4.78 is 28.9. The summed E-state index contributed by atoms with van der Waals surface area (Å²) in [5, 5.41) is 2.56. The van der Waals surface area contributed by atoms with Crippen LogP contribution in [0.5, 0.6) is 0 Å². The van der Waals surface area contributed by atoms with E-state index in [1.54, 1.807) is 30.6 Å². The second-order valence-corrected chi connectivity index (χ2v) is 8.35. The maximum atomic E-state index is 14.5. The molecule has 0 radical (unpaired) electrons. The summed E-state index contributed by atoms with van der Waals surface area (Å²) in [7, 11) is 0. The van der Waals surface area contributed by atoms with Crippen molar-refractivity contribution in [1.82, 2.24) is 14.9 Å². The standard InChI is InChI=1S/C21H20F2N4O2/c1-12-8-24-19(25-9-12)26-17(28)10-27-11-20(7-16(20)22)15-6-13(21(23)4-5-21)2-3-14(15)18(27)29/h2-3,6,8-9,16H,4-5,7,10-11H2,1H3,(H,24,25,26,28)/t16-,20-/m1/s1. The number of nitrogens with zero attached hydrogens (tertiary/aromatic N) is 3. The van der Waals surface area contributed by atoms with Gasteiger partial charge in [-0.05, 0) is 48.9 Å². The van der Waals surface area contributed by atoms with Gasteiger partial charge in [0.15, 0.2) is 0 Å². The first-order valence-electron chi connectivity index (χ1n) is 9.67. The molecule has 1 aromatic carbocycles. The number of hydrogen-bond donors (Lipinski definition) is 1. The number of nitrogens with one attached hydrogen (secondary N) is 1. The van der Waals surface area contributed by atoms with E-state index in [0.29, 0.717) is 29.5 Å². The van der Waals surface area contributed by atoms with Crippen LogP contribution in [0.2, 0.25) is 0 Å². The minimum Gasteiger partial charge on any atom is -0.328 e. The molecule has 6 nitrogen and oxygen atoms in total. The van der Waals surface area contributed by atoms with Gasteiger partial charge in [0.1, 0.15) is 18.4 Å². The smallest absolute Gasteiger partial charge is 0.254 e. The number of aromatic nitrogens is 2. The molecule has 2 aliphatic carbocycles. The molecule has 29 heavy (non-hydrogen) atoms. The van der Waals surface area contributed by atoms with Crippen molar-refractivity contribution >= 4 is 17.8 Å². The summed E-state index contributed by atoms with van der Waals surface area (Å²) >= 11 is 0. The third-order valence-corrected chi connectivity index (χ3v) is 6.10. The zero-order valence-electron chi connectivity index (χ0n) is 15.9. The average Bonchev–Trinajstić information content (AvgIpc) is 3.59. The predicted molar refractivity (Wildman–Crippen MR) is 101 cm³/mol. The molecule has 2 atom stereocenters. The monoisotopic (exact) mass is 398 g/mol. The van der Waals surface area contributed by atoms with Gasteiger partial charge in [0.05, 0.1) is 0 Å². The van der Waals surface area contributed by atoms with Crippen molar-refractivity contribution in [2.24, 2.45) is 0 Å². The fraction of sp³-hybridized carbons (Fsp3) is 0.429. The van der Waals surface area contributed by atoms with Gasteiger partial charge < -0.3 is 4.90 Å². The lowest BCUT2D eigenvalue weighted by molar-refractivity contribution is -0.117. The molecule has 0 bridgehead atoms. The molecule has 2 saturated carbocycles. The van der Waals surface area contributed by atoms with Gasteiger partial charge in [-0.25, -0.2) is 18.7 Å². The molecule has 5 rings (SSSR count). The summed E-state index contributed by atoms with van der Waals surface area (Å²) in [6, 6.07) is 4.85. The maximum absolute atomic E-state index is 14.5. The van der Waals surface area contributed by atoms with Gasteiger partial charge >= 0.3 is 0 Å². The Kier molecular flexibility index (Phi) is 3.78. The Bertz CT molecular complexity index is 1020. The minimum atomic E-state index is -1.34. The quantitative estimate of drug-likeness (QED) is 0.860. The van der Waals surface area contributed by atoms with Crippen molar-refractivity contribution in [3.63, 3.8) is 0 Å². The Hall–Kier alpha value is -2.90. The summed E-state index contributed by atoms with van der Waals surface area (Å²) in [6.45, 7) is 1.71. The Morgan fingerprint density at radius 2 is 2.00 bits per heavy atom. The number of halogens is 2. The lowest BCUT2D eigenvalue weighted by atomic mass is 9.84. The van der Waals surface area contributed by atoms with E-state index in [2.05, 4.69) is 15.3 Å². The molecule has 150 valence electrons. The molecule has 1 aromatic heterocycles. The molecule has 0 saturated heterocycles. The number of amides is 2. The van der Waals surface area contributed by atoms with E-state index in [-0.39, 0.29) is 31.4 Å². The van der Waals surface area contributed by atoms with Crippen LogP contribution in [0.15, 0.2) is 30.6 Å². The number of anilines is 1. The number of benzene rings is 1.